The number of urea groups is 1. The summed E-state index contributed by atoms with van der Waals surface area (Å²) in [7, 11) is 0. The number of piperazine rings is 1. The van der Waals surface area contributed by atoms with Gasteiger partial charge in [0.2, 0.25) is 5.91 Å². The number of halogens is 2. The fourth-order valence-electron chi connectivity index (χ4n) is 4.44. The summed E-state index contributed by atoms with van der Waals surface area (Å²) >= 11 is 0. The molecule has 0 spiro atoms. The van der Waals surface area contributed by atoms with Crippen molar-refractivity contribution in [1.82, 2.24) is 20.2 Å². The van der Waals surface area contributed by atoms with Crippen LogP contribution < -0.4 is 10.2 Å². The zero-order chi connectivity index (χ0) is 24.0. The molecular weight excluding hydrogens is 448 g/mol. The van der Waals surface area contributed by atoms with Crippen LogP contribution in [0.5, 0.6) is 0 Å². The van der Waals surface area contributed by atoms with Crippen LogP contribution in [0.25, 0.3) is 0 Å². The molecule has 0 radical (unpaired) electrons. The Hall–Kier alpha value is -3.86. The summed E-state index contributed by atoms with van der Waals surface area (Å²) in [6.07, 6.45) is 0.000929. The third-order valence-electron chi connectivity index (χ3n) is 6.25. The number of anilines is 1. The number of hydrogen-bond acceptors (Lipinski definition) is 6. The third-order valence-corrected chi connectivity index (χ3v) is 6.25. The van der Waals surface area contributed by atoms with Crippen molar-refractivity contribution in [2.24, 2.45) is 0 Å². The first-order valence-electron chi connectivity index (χ1n) is 10.9. The van der Waals surface area contributed by atoms with Crippen molar-refractivity contribution < 1.29 is 28.0 Å². The van der Waals surface area contributed by atoms with Crippen LogP contribution in [0.4, 0.5) is 19.3 Å². The molecule has 0 bridgehead atoms. The SMILES string of the molecule is O=C1CCN(N2C(=O)c3ccc(CN4CCN(c5ccc(F)c(F)c5)CC4)cc3C2=O)C(=O)N1. The van der Waals surface area contributed by atoms with Crippen LogP contribution >= 0.6 is 0 Å². The molecule has 5 amide bonds. The van der Waals surface area contributed by atoms with E-state index in [0.29, 0.717) is 38.4 Å². The first-order valence-corrected chi connectivity index (χ1v) is 10.9. The van der Waals surface area contributed by atoms with E-state index in [1.54, 1.807) is 24.3 Å². The number of benzene rings is 2. The minimum atomic E-state index is -0.875. The quantitative estimate of drug-likeness (QED) is 0.686. The Morgan fingerprint density at radius 2 is 1.53 bits per heavy atom. The minimum Gasteiger partial charge on any atom is -0.369 e. The van der Waals surface area contributed by atoms with E-state index in [0.717, 1.165) is 21.6 Å². The fraction of sp³-hybridized carbons (Fsp3) is 0.304. The molecular formula is C23H21F2N5O4. The summed E-state index contributed by atoms with van der Waals surface area (Å²) in [6, 6.07) is 8.08. The molecule has 0 atom stereocenters. The van der Waals surface area contributed by atoms with Crippen molar-refractivity contribution in [2.45, 2.75) is 13.0 Å². The van der Waals surface area contributed by atoms with Gasteiger partial charge in [0.1, 0.15) is 0 Å². The van der Waals surface area contributed by atoms with Gasteiger partial charge in [0.25, 0.3) is 11.8 Å². The van der Waals surface area contributed by atoms with Gasteiger partial charge in [-0.15, -0.1) is 0 Å². The molecule has 3 heterocycles. The lowest BCUT2D eigenvalue weighted by molar-refractivity contribution is -0.122. The standard InChI is InChI=1S/C23H21F2N5O4/c24-18-4-2-15(12-19(18)25)28-9-7-27(8-10-28)13-14-1-3-16-17(11-14)22(33)30(21(16)32)29-6-5-20(31)26-23(29)34/h1-4,11-12H,5-10,13H2,(H,26,31,34). The van der Waals surface area contributed by atoms with Crippen LogP contribution in [-0.2, 0) is 11.3 Å². The average Bonchev–Trinajstić information content (AvgIpc) is 3.06. The topological polar surface area (TPSA) is 93.3 Å². The highest BCUT2D eigenvalue weighted by Gasteiger charge is 2.43. The number of hydrazine groups is 1. The number of carbonyl (C=O) groups is 4. The van der Waals surface area contributed by atoms with E-state index in [4.69, 9.17) is 0 Å². The third kappa shape index (κ3) is 3.87. The van der Waals surface area contributed by atoms with Crippen molar-refractivity contribution in [3.63, 3.8) is 0 Å². The van der Waals surface area contributed by atoms with Crippen LogP contribution in [0.1, 0.15) is 32.7 Å². The van der Waals surface area contributed by atoms with Crippen molar-refractivity contribution in [1.29, 1.82) is 0 Å². The van der Waals surface area contributed by atoms with E-state index in [-0.39, 0.29) is 24.1 Å². The molecule has 9 nitrogen and oxygen atoms in total. The molecule has 2 aromatic rings. The molecule has 1 N–H and O–H groups in total. The van der Waals surface area contributed by atoms with E-state index >= 15 is 0 Å². The van der Waals surface area contributed by atoms with Crippen molar-refractivity contribution >= 4 is 29.4 Å². The fourth-order valence-corrected chi connectivity index (χ4v) is 4.44. The smallest absolute Gasteiger partial charge is 0.343 e. The molecule has 3 aliphatic heterocycles. The molecule has 3 aliphatic rings. The van der Waals surface area contributed by atoms with E-state index in [2.05, 4.69) is 10.2 Å². The Labute approximate surface area is 193 Å². The lowest BCUT2D eigenvalue weighted by Crippen LogP contribution is -2.58. The summed E-state index contributed by atoms with van der Waals surface area (Å²) < 4.78 is 26.7. The Bertz CT molecular complexity index is 1210. The number of amides is 5. The predicted octanol–water partition coefficient (Wildman–Crippen LogP) is 1.74. The number of imide groups is 2. The Morgan fingerprint density at radius 3 is 2.24 bits per heavy atom. The Balaban J connectivity index is 1.25. The first kappa shape index (κ1) is 22.0. The number of hydrogen-bond donors (Lipinski definition) is 1. The highest BCUT2D eigenvalue weighted by molar-refractivity contribution is 6.22. The largest absolute Gasteiger partial charge is 0.369 e. The molecule has 2 fully saturated rings. The van der Waals surface area contributed by atoms with Gasteiger partial charge in [-0.3, -0.25) is 24.6 Å². The van der Waals surface area contributed by atoms with Crippen molar-refractivity contribution in [3.05, 3.63) is 64.7 Å². The van der Waals surface area contributed by atoms with E-state index < -0.39 is 35.4 Å². The molecule has 2 saturated heterocycles. The summed E-state index contributed by atoms with van der Waals surface area (Å²) in [5, 5.41) is 3.86. The van der Waals surface area contributed by atoms with Gasteiger partial charge < -0.3 is 4.90 Å². The second kappa shape index (κ2) is 8.49. The number of fused-ring (bicyclic) bond motifs is 1. The van der Waals surface area contributed by atoms with Crippen LogP contribution in [0.15, 0.2) is 36.4 Å². The van der Waals surface area contributed by atoms with Crippen molar-refractivity contribution in [2.75, 3.05) is 37.6 Å². The molecule has 0 aromatic heterocycles. The monoisotopic (exact) mass is 469 g/mol. The second-order valence-corrected chi connectivity index (χ2v) is 8.39. The van der Waals surface area contributed by atoms with Gasteiger partial charge in [-0.2, -0.15) is 5.01 Å². The number of carbonyl (C=O) groups excluding carboxylic acids is 4. The molecule has 0 saturated carbocycles. The Kier molecular flexibility index (Phi) is 5.48. The van der Waals surface area contributed by atoms with E-state index in [9.17, 15) is 28.0 Å². The van der Waals surface area contributed by atoms with Crippen molar-refractivity contribution in [3.8, 4) is 0 Å². The lowest BCUT2D eigenvalue weighted by Gasteiger charge is -2.36. The molecule has 0 unspecified atom stereocenters. The maximum Gasteiger partial charge on any atom is 0.343 e. The highest BCUT2D eigenvalue weighted by Crippen LogP contribution is 2.27. The summed E-state index contributed by atoms with van der Waals surface area (Å²) in [5.74, 6) is -3.41. The molecule has 0 aliphatic carbocycles. The van der Waals surface area contributed by atoms with Gasteiger partial charge >= 0.3 is 6.03 Å². The zero-order valence-electron chi connectivity index (χ0n) is 18.1. The minimum absolute atomic E-state index is 0.000929. The Morgan fingerprint density at radius 1 is 0.794 bits per heavy atom. The van der Waals surface area contributed by atoms with Crippen LogP contribution in [0.3, 0.4) is 0 Å². The number of nitrogens with zero attached hydrogens (tertiary/aromatic N) is 4. The molecule has 176 valence electrons. The highest BCUT2D eigenvalue weighted by atomic mass is 19.2. The van der Waals surface area contributed by atoms with Gasteiger partial charge in [-0.25, -0.2) is 18.6 Å². The average molecular weight is 469 g/mol. The molecule has 11 heteroatoms. The molecule has 2 aromatic carbocycles. The van der Waals surface area contributed by atoms with Gasteiger partial charge in [-0.05, 0) is 29.8 Å². The number of nitrogens with one attached hydrogen (secondary N) is 1. The predicted molar refractivity (Wildman–Crippen MR) is 116 cm³/mol. The van der Waals surface area contributed by atoms with Crippen LogP contribution in [0, 0.1) is 11.6 Å². The zero-order valence-corrected chi connectivity index (χ0v) is 18.1. The molecule has 5 rings (SSSR count). The van der Waals surface area contributed by atoms with Gasteiger partial charge in [0, 0.05) is 50.9 Å². The van der Waals surface area contributed by atoms with Gasteiger partial charge in [0.05, 0.1) is 17.7 Å². The molecule has 34 heavy (non-hydrogen) atoms. The van der Waals surface area contributed by atoms with E-state index in [1.165, 1.54) is 6.07 Å². The lowest BCUT2D eigenvalue weighted by atomic mass is 10.1. The van der Waals surface area contributed by atoms with Gasteiger partial charge in [-0.1, -0.05) is 6.07 Å². The summed E-state index contributed by atoms with van der Waals surface area (Å²) in [6.45, 7) is 3.10. The summed E-state index contributed by atoms with van der Waals surface area (Å²) in [5.41, 5.74) is 1.89. The maximum absolute atomic E-state index is 13.5. The van der Waals surface area contributed by atoms with Gasteiger partial charge in [0.15, 0.2) is 11.6 Å². The van der Waals surface area contributed by atoms with E-state index in [1.807, 2.05) is 4.90 Å². The first-order chi connectivity index (χ1) is 16.3. The summed E-state index contributed by atoms with van der Waals surface area (Å²) in [4.78, 5) is 53.4. The number of rotatable bonds is 4. The van der Waals surface area contributed by atoms with Crippen LogP contribution in [-0.4, -0.2) is 71.4 Å². The van der Waals surface area contributed by atoms with Crippen LogP contribution in [0.2, 0.25) is 0 Å². The maximum atomic E-state index is 13.5. The normalized spacial score (nSPS) is 19.1. The second-order valence-electron chi connectivity index (χ2n) is 8.39.